The fourth-order valence-corrected chi connectivity index (χ4v) is 3.65. The molecule has 8 heteroatoms. The summed E-state index contributed by atoms with van der Waals surface area (Å²) in [5, 5.41) is 6.97. The molecule has 1 aromatic carbocycles. The van der Waals surface area contributed by atoms with Gasteiger partial charge in [0.2, 0.25) is 5.91 Å². The second-order valence-electron chi connectivity index (χ2n) is 5.35. The summed E-state index contributed by atoms with van der Waals surface area (Å²) in [5.74, 6) is -0.110. The second-order valence-corrected chi connectivity index (χ2v) is 6.69. The van der Waals surface area contributed by atoms with Crippen LogP contribution in [-0.2, 0) is 16.1 Å². The van der Waals surface area contributed by atoms with Gasteiger partial charge in [-0.2, -0.15) is 8.73 Å². The Labute approximate surface area is 136 Å². The van der Waals surface area contributed by atoms with Crippen molar-refractivity contribution in [3.8, 4) is 0 Å². The Morgan fingerprint density at radius 3 is 2.81 bits per heavy atom. The maximum atomic E-state index is 12.6. The Hall–Kier alpha value is -0.950. The van der Waals surface area contributed by atoms with Gasteiger partial charge in [-0.15, -0.1) is 0 Å². The molecule has 2 N–H and O–H groups in total. The van der Waals surface area contributed by atoms with Crippen molar-refractivity contribution in [3.63, 3.8) is 0 Å². The zero-order valence-electron chi connectivity index (χ0n) is 11.4. The molecule has 0 aliphatic carbocycles. The summed E-state index contributed by atoms with van der Waals surface area (Å²) >= 11 is 13.3. The van der Waals surface area contributed by atoms with Crippen LogP contribution in [0.4, 0.5) is 17.1 Å². The van der Waals surface area contributed by atoms with Crippen LogP contribution in [0.2, 0.25) is 10.0 Å². The molecule has 0 aromatic heterocycles. The van der Waals surface area contributed by atoms with Crippen molar-refractivity contribution in [2.45, 2.75) is 31.7 Å². The molecule has 2 heterocycles. The van der Waals surface area contributed by atoms with E-state index in [0.29, 0.717) is 27.1 Å². The standard InChI is InChI=1S/C13H14Cl2N4OS/c1-13(4-2-3-5-16-13)12(20)17-9-7(14)6-8(15)10-11(9)19-21-18-10/h6,16H,2-5H2,1H3,(H,17,20). The molecule has 1 aromatic rings. The lowest BCUT2D eigenvalue weighted by molar-refractivity contribution is -0.122. The van der Waals surface area contributed by atoms with E-state index in [9.17, 15) is 4.79 Å². The number of carbonyl (C=O) groups excluding carboxylic acids is 1. The number of piperidine rings is 1. The summed E-state index contributed by atoms with van der Waals surface area (Å²) in [5.41, 5.74) is 0.980. The largest absolute Gasteiger partial charge is 0.321 e. The topological polar surface area (TPSA) is 65.8 Å². The number of amides is 1. The van der Waals surface area contributed by atoms with Crippen LogP contribution in [0.1, 0.15) is 26.2 Å². The van der Waals surface area contributed by atoms with Gasteiger partial charge in [0.15, 0.2) is 0 Å². The second kappa shape index (κ2) is 5.68. The normalized spacial score (nSPS) is 23.6. The van der Waals surface area contributed by atoms with E-state index in [0.717, 1.165) is 37.2 Å². The van der Waals surface area contributed by atoms with Crippen molar-refractivity contribution in [3.05, 3.63) is 16.1 Å². The Balaban J connectivity index is 1.91. The van der Waals surface area contributed by atoms with E-state index in [-0.39, 0.29) is 5.91 Å². The summed E-state index contributed by atoms with van der Waals surface area (Å²) in [6, 6.07) is 1.58. The van der Waals surface area contributed by atoms with Gasteiger partial charge < -0.3 is 10.6 Å². The Bertz CT molecular complexity index is 679. The smallest absolute Gasteiger partial charge is 0.244 e. The van der Waals surface area contributed by atoms with Crippen molar-refractivity contribution >= 4 is 57.5 Å². The minimum atomic E-state index is -0.586. The molecule has 3 rings (SSSR count). The molecule has 5 nitrogen and oxygen atoms in total. The number of fused-ring (bicyclic) bond motifs is 1. The fraction of sp³-hybridized carbons (Fsp3) is 0.462. The molecule has 1 atom stereocenters. The van der Waals surface area contributed by atoms with E-state index in [2.05, 4.69) is 19.4 Å². The predicted molar refractivity (Wildman–Crippen MR) is 86.9 cm³/mol. The highest BCUT2D eigenvalue weighted by Gasteiger charge is 2.35. The highest BCUT2D eigenvalue weighted by atomic mass is 35.5. The Morgan fingerprint density at radius 1 is 1.33 bits per heavy atom. The maximum Gasteiger partial charge on any atom is 0.244 e. The summed E-state index contributed by atoms with van der Waals surface area (Å²) in [6.45, 7) is 2.74. The third-order valence-corrected chi connectivity index (χ3v) is 4.92. The average molecular weight is 345 g/mol. The molecule has 2 aliphatic rings. The molecule has 112 valence electrons. The summed E-state index contributed by atoms with van der Waals surface area (Å²) in [7, 11) is 0. The first-order valence-corrected chi connectivity index (χ1v) is 8.17. The van der Waals surface area contributed by atoms with Crippen molar-refractivity contribution in [1.82, 2.24) is 5.32 Å². The zero-order valence-corrected chi connectivity index (χ0v) is 13.7. The highest BCUT2D eigenvalue weighted by molar-refractivity contribution is 7.58. The van der Waals surface area contributed by atoms with Gasteiger partial charge in [0.25, 0.3) is 0 Å². The number of rotatable bonds is 2. The first-order valence-electron chi connectivity index (χ1n) is 6.68. The van der Waals surface area contributed by atoms with Gasteiger partial charge in [0, 0.05) is 0 Å². The van der Waals surface area contributed by atoms with E-state index in [1.165, 1.54) is 0 Å². The van der Waals surface area contributed by atoms with E-state index in [1.807, 2.05) is 6.92 Å². The number of hydrogen-bond donors (Lipinski definition) is 2. The number of benzene rings is 1. The Morgan fingerprint density at radius 2 is 2.10 bits per heavy atom. The fourth-order valence-electron chi connectivity index (χ4n) is 2.49. The van der Waals surface area contributed by atoms with Crippen LogP contribution in [0.15, 0.2) is 14.8 Å². The van der Waals surface area contributed by atoms with E-state index in [4.69, 9.17) is 23.2 Å². The molecule has 0 saturated carbocycles. The van der Waals surface area contributed by atoms with E-state index < -0.39 is 5.54 Å². The van der Waals surface area contributed by atoms with Crippen molar-refractivity contribution in [2.24, 2.45) is 8.73 Å². The third-order valence-electron chi connectivity index (χ3n) is 3.80. The van der Waals surface area contributed by atoms with Crippen molar-refractivity contribution in [2.75, 3.05) is 11.9 Å². The van der Waals surface area contributed by atoms with Crippen molar-refractivity contribution in [1.29, 1.82) is 0 Å². The number of anilines is 1. The SMILES string of the molecule is CC1(C(=O)Nc2c(Cl)cc(Cl)c3c2N=S=N3)CCCCN1. The predicted octanol–water partition coefficient (Wildman–Crippen LogP) is 4.19. The van der Waals surface area contributed by atoms with Gasteiger partial charge in [0.1, 0.15) is 11.4 Å². The Kier molecular flexibility index (Phi) is 4.05. The monoisotopic (exact) mass is 344 g/mol. The lowest BCUT2D eigenvalue weighted by atomic mass is 9.90. The molecule has 1 amide bonds. The summed E-state index contributed by atoms with van der Waals surface area (Å²) in [6.07, 6.45) is 2.91. The quantitative estimate of drug-likeness (QED) is 0.857. The van der Waals surface area contributed by atoms with Gasteiger partial charge in [-0.3, -0.25) is 4.79 Å². The lowest BCUT2D eigenvalue weighted by Crippen LogP contribution is -2.54. The van der Waals surface area contributed by atoms with Crippen LogP contribution in [0, 0.1) is 0 Å². The first kappa shape index (κ1) is 15.0. The minimum Gasteiger partial charge on any atom is -0.321 e. The number of nitrogens with zero attached hydrogens (tertiary/aromatic N) is 2. The molecular formula is C13H14Cl2N4OS. The van der Waals surface area contributed by atoms with Gasteiger partial charge in [-0.1, -0.05) is 23.2 Å². The summed E-state index contributed by atoms with van der Waals surface area (Å²) in [4.78, 5) is 12.6. The minimum absolute atomic E-state index is 0.110. The third kappa shape index (κ3) is 2.73. The van der Waals surface area contributed by atoms with Crippen LogP contribution in [0.5, 0.6) is 0 Å². The van der Waals surface area contributed by atoms with Crippen LogP contribution in [0.25, 0.3) is 0 Å². The number of hydrogen-bond acceptors (Lipinski definition) is 4. The molecule has 0 radical (unpaired) electrons. The molecular weight excluding hydrogens is 331 g/mol. The number of halogens is 2. The van der Waals surface area contributed by atoms with Crippen LogP contribution < -0.4 is 10.6 Å². The summed E-state index contributed by atoms with van der Waals surface area (Å²) < 4.78 is 8.32. The number of nitrogens with one attached hydrogen (secondary N) is 2. The molecule has 0 bridgehead atoms. The van der Waals surface area contributed by atoms with Gasteiger partial charge in [-0.25, -0.2) is 0 Å². The maximum absolute atomic E-state index is 12.6. The lowest BCUT2D eigenvalue weighted by Gasteiger charge is -2.33. The molecule has 1 saturated heterocycles. The van der Waals surface area contributed by atoms with Crippen LogP contribution in [-0.4, -0.2) is 18.0 Å². The molecule has 2 aliphatic heterocycles. The molecule has 0 spiro atoms. The van der Waals surface area contributed by atoms with Crippen LogP contribution in [0.3, 0.4) is 0 Å². The van der Waals surface area contributed by atoms with E-state index >= 15 is 0 Å². The van der Waals surface area contributed by atoms with E-state index in [1.54, 1.807) is 6.07 Å². The van der Waals surface area contributed by atoms with Gasteiger partial charge in [-0.05, 0) is 38.8 Å². The van der Waals surface area contributed by atoms with Crippen LogP contribution >= 0.6 is 23.2 Å². The highest BCUT2D eigenvalue weighted by Crippen LogP contribution is 2.47. The zero-order chi connectivity index (χ0) is 15.0. The number of carbonyl (C=O) groups is 1. The van der Waals surface area contributed by atoms with Gasteiger partial charge in [0.05, 0.1) is 32.6 Å². The molecule has 1 unspecified atom stereocenters. The van der Waals surface area contributed by atoms with Crippen molar-refractivity contribution < 1.29 is 4.79 Å². The molecule has 21 heavy (non-hydrogen) atoms. The first-order chi connectivity index (χ1) is 10.0. The molecule has 1 fully saturated rings. The van der Waals surface area contributed by atoms with Gasteiger partial charge >= 0.3 is 0 Å². The average Bonchev–Trinajstić information content (AvgIpc) is 2.93.